The van der Waals surface area contributed by atoms with E-state index in [0.717, 1.165) is 6.07 Å². The van der Waals surface area contributed by atoms with Crippen molar-refractivity contribution >= 4 is 34.2 Å². The summed E-state index contributed by atoms with van der Waals surface area (Å²) in [7, 11) is 0. The average Bonchev–Trinajstić information content (AvgIpc) is 3.31. The molecule has 0 saturated carbocycles. The highest BCUT2D eigenvalue weighted by Crippen LogP contribution is 2.33. The molecule has 2 aromatic heterocycles. The van der Waals surface area contributed by atoms with Crippen LogP contribution in [0.15, 0.2) is 46.9 Å². The zero-order valence-electron chi connectivity index (χ0n) is 14.1. The molecule has 2 heterocycles. The molecule has 2 aromatic carbocycles. The van der Waals surface area contributed by atoms with Crippen LogP contribution < -0.4 is 10.1 Å². The van der Waals surface area contributed by atoms with Gasteiger partial charge in [0.05, 0.1) is 5.02 Å². The smallest absolute Gasteiger partial charge is 0.453 e. The number of aromatic nitrogens is 4. The van der Waals surface area contributed by atoms with Gasteiger partial charge in [0.15, 0.2) is 5.76 Å². The zero-order valence-corrected chi connectivity index (χ0v) is 14.9. The molecule has 0 aliphatic carbocycles. The van der Waals surface area contributed by atoms with E-state index in [1.807, 2.05) is 0 Å². The number of fused-ring (bicyclic) bond motifs is 1. The van der Waals surface area contributed by atoms with Crippen LogP contribution in [0.4, 0.5) is 18.9 Å². The zero-order chi connectivity index (χ0) is 20.6. The van der Waals surface area contributed by atoms with Gasteiger partial charge in [0.1, 0.15) is 11.3 Å². The van der Waals surface area contributed by atoms with Gasteiger partial charge in [-0.15, -0.1) is 23.4 Å². The second-order valence-electron chi connectivity index (χ2n) is 5.75. The molecule has 148 valence electrons. The lowest BCUT2D eigenvalue weighted by atomic mass is 10.1. The number of tetrazole rings is 1. The van der Waals surface area contributed by atoms with E-state index < -0.39 is 18.0 Å². The third-order valence-electron chi connectivity index (χ3n) is 3.76. The number of furan rings is 1. The number of anilines is 1. The second kappa shape index (κ2) is 7.09. The molecule has 1 amide bonds. The molecule has 0 saturated heterocycles. The minimum Gasteiger partial charge on any atom is -0.453 e. The number of H-pyrrole nitrogens is 1. The maximum atomic E-state index is 12.5. The topological polar surface area (TPSA) is 106 Å². The third-order valence-corrected chi connectivity index (χ3v) is 4.07. The third kappa shape index (κ3) is 4.14. The molecule has 0 aliphatic rings. The standard InChI is InChI=1S/C17H9ClF3N5O3/c18-11-4-3-10(7-13(11)29-17(19,20)21)22-16(27)9-2-1-8-5-14(28-12(8)6-9)15-23-25-26-24-15/h1-7H,(H,22,27)(H,23,24,25,26). The number of hydrogen-bond donors (Lipinski definition) is 2. The molecule has 0 aliphatic heterocycles. The number of nitrogens with zero attached hydrogens (tertiary/aromatic N) is 3. The first-order chi connectivity index (χ1) is 13.8. The minimum atomic E-state index is -4.91. The van der Waals surface area contributed by atoms with Gasteiger partial charge in [-0.25, -0.2) is 0 Å². The molecule has 8 nitrogen and oxygen atoms in total. The maximum Gasteiger partial charge on any atom is 0.573 e. The summed E-state index contributed by atoms with van der Waals surface area (Å²) in [6, 6.07) is 9.87. The molecule has 0 unspecified atom stereocenters. The summed E-state index contributed by atoms with van der Waals surface area (Å²) >= 11 is 5.70. The van der Waals surface area contributed by atoms with Crippen LogP contribution >= 0.6 is 11.6 Å². The van der Waals surface area contributed by atoms with E-state index in [2.05, 4.69) is 30.7 Å². The normalized spacial score (nSPS) is 11.6. The number of halogens is 4. The summed E-state index contributed by atoms with van der Waals surface area (Å²) in [4.78, 5) is 12.5. The van der Waals surface area contributed by atoms with E-state index in [4.69, 9.17) is 16.0 Å². The Hall–Kier alpha value is -3.60. The highest BCUT2D eigenvalue weighted by atomic mass is 35.5. The Bertz CT molecular complexity index is 1190. The van der Waals surface area contributed by atoms with Crippen molar-refractivity contribution < 1.29 is 27.1 Å². The predicted octanol–water partition coefficient (Wildman–Crippen LogP) is 4.42. The van der Waals surface area contributed by atoms with Gasteiger partial charge in [0.2, 0.25) is 5.82 Å². The number of carbonyl (C=O) groups is 1. The number of alkyl halides is 3. The Morgan fingerprint density at radius 1 is 1.17 bits per heavy atom. The first-order valence-corrected chi connectivity index (χ1v) is 8.30. The van der Waals surface area contributed by atoms with Crippen molar-refractivity contribution in [3.05, 3.63) is 53.1 Å². The Morgan fingerprint density at radius 3 is 2.72 bits per heavy atom. The lowest BCUT2D eigenvalue weighted by molar-refractivity contribution is -0.274. The summed E-state index contributed by atoms with van der Waals surface area (Å²) in [5.41, 5.74) is 0.695. The van der Waals surface area contributed by atoms with E-state index in [-0.39, 0.29) is 22.1 Å². The molecule has 2 N–H and O–H groups in total. The van der Waals surface area contributed by atoms with Crippen LogP contribution in [0.5, 0.6) is 5.75 Å². The summed E-state index contributed by atoms with van der Waals surface area (Å²) in [5, 5.41) is 16.3. The number of benzene rings is 2. The monoisotopic (exact) mass is 423 g/mol. The number of ether oxygens (including phenoxy) is 1. The molecule has 0 spiro atoms. The fourth-order valence-electron chi connectivity index (χ4n) is 2.54. The second-order valence-corrected chi connectivity index (χ2v) is 6.15. The predicted molar refractivity (Wildman–Crippen MR) is 95.5 cm³/mol. The number of rotatable bonds is 4. The van der Waals surface area contributed by atoms with Gasteiger partial charge < -0.3 is 14.5 Å². The van der Waals surface area contributed by atoms with Crippen LogP contribution in [0.2, 0.25) is 5.02 Å². The number of carbonyl (C=O) groups excluding carboxylic acids is 1. The quantitative estimate of drug-likeness (QED) is 0.503. The Balaban J connectivity index is 1.57. The van der Waals surface area contributed by atoms with E-state index in [9.17, 15) is 18.0 Å². The molecule has 0 bridgehead atoms. The fourth-order valence-corrected chi connectivity index (χ4v) is 2.69. The van der Waals surface area contributed by atoms with Crippen molar-refractivity contribution in [2.45, 2.75) is 6.36 Å². The van der Waals surface area contributed by atoms with Crippen molar-refractivity contribution in [3.63, 3.8) is 0 Å². The summed E-state index contributed by atoms with van der Waals surface area (Å²) in [6.45, 7) is 0. The number of aromatic amines is 1. The molecule has 12 heteroatoms. The average molecular weight is 424 g/mol. The van der Waals surface area contributed by atoms with Gasteiger partial charge in [0, 0.05) is 22.7 Å². The molecule has 29 heavy (non-hydrogen) atoms. The number of nitrogens with one attached hydrogen (secondary N) is 2. The molecule has 4 aromatic rings. The van der Waals surface area contributed by atoms with Crippen molar-refractivity contribution in [2.24, 2.45) is 0 Å². The lowest BCUT2D eigenvalue weighted by Crippen LogP contribution is -2.18. The molecular formula is C17H9ClF3N5O3. The van der Waals surface area contributed by atoms with Crippen molar-refractivity contribution in [1.82, 2.24) is 20.6 Å². The maximum absolute atomic E-state index is 12.5. The highest BCUT2D eigenvalue weighted by molar-refractivity contribution is 6.32. The molecule has 4 rings (SSSR count). The minimum absolute atomic E-state index is 0.0747. The van der Waals surface area contributed by atoms with E-state index >= 15 is 0 Å². The summed E-state index contributed by atoms with van der Waals surface area (Å²) in [6.07, 6.45) is -4.91. The van der Waals surface area contributed by atoms with E-state index in [1.165, 1.54) is 24.3 Å². The highest BCUT2D eigenvalue weighted by Gasteiger charge is 2.32. The SMILES string of the molecule is O=C(Nc1ccc(Cl)c(OC(F)(F)F)c1)c1ccc2cc(-c3nn[nH]n3)oc2c1. The molecule has 0 radical (unpaired) electrons. The fraction of sp³-hybridized carbons (Fsp3) is 0.0588. The van der Waals surface area contributed by atoms with E-state index in [0.29, 0.717) is 16.7 Å². The van der Waals surface area contributed by atoms with Crippen molar-refractivity contribution in [1.29, 1.82) is 0 Å². The Kier molecular flexibility index (Phi) is 4.59. The van der Waals surface area contributed by atoms with Gasteiger partial charge in [0.25, 0.3) is 5.91 Å². The Morgan fingerprint density at radius 2 is 2.00 bits per heavy atom. The summed E-state index contributed by atoms with van der Waals surface area (Å²) < 4.78 is 46.8. The molecule has 0 fully saturated rings. The van der Waals surface area contributed by atoms with E-state index in [1.54, 1.807) is 12.1 Å². The van der Waals surface area contributed by atoms with Crippen LogP contribution in [0.3, 0.4) is 0 Å². The van der Waals surface area contributed by atoms with Gasteiger partial charge in [-0.05, 0) is 35.5 Å². The first-order valence-electron chi connectivity index (χ1n) is 7.92. The molecule has 0 atom stereocenters. The van der Waals surface area contributed by atoms with Gasteiger partial charge in [-0.3, -0.25) is 4.79 Å². The van der Waals surface area contributed by atoms with Crippen molar-refractivity contribution in [3.8, 4) is 17.3 Å². The van der Waals surface area contributed by atoms with Crippen LogP contribution in [-0.4, -0.2) is 32.9 Å². The first kappa shape index (κ1) is 18.7. The van der Waals surface area contributed by atoms with Crippen LogP contribution in [0.1, 0.15) is 10.4 Å². The van der Waals surface area contributed by atoms with Crippen LogP contribution in [0, 0.1) is 0 Å². The van der Waals surface area contributed by atoms with Crippen LogP contribution in [-0.2, 0) is 0 Å². The summed E-state index contributed by atoms with van der Waals surface area (Å²) in [5.74, 6) is -0.573. The Labute approximate surface area is 164 Å². The van der Waals surface area contributed by atoms with Crippen LogP contribution in [0.25, 0.3) is 22.6 Å². The molecular weight excluding hydrogens is 415 g/mol. The largest absolute Gasteiger partial charge is 0.573 e. The lowest BCUT2D eigenvalue weighted by Gasteiger charge is -2.12. The van der Waals surface area contributed by atoms with Gasteiger partial charge in [-0.2, -0.15) is 5.21 Å². The van der Waals surface area contributed by atoms with Gasteiger partial charge >= 0.3 is 6.36 Å². The number of hydrogen-bond acceptors (Lipinski definition) is 6. The van der Waals surface area contributed by atoms with Crippen molar-refractivity contribution in [2.75, 3.05) is 5.32 Å². The van der Waals surface area contributed by atoms with Gasteiger partial charge in [-0.1, -0.05) is 17.7 Å². The number of amides is 1.